The fourth-order valence-electron chi connectivity index (χ4n) is 6.79. The van der Waals surface area contributed by atoms with Crippen LogP contribution in [-0.2, 0) is 50.1 Å². The Morgan fingerprint density at radius 3 is 2.04 bits per heavy atom. The summed E-state index contributed by atoms with van der Waals surface area (Å²) in [4.78, 5) is 16.2. The number of alkyl halides is 6. The van der Waals surface area contributed by atoms with Gasteiger partial charge >= 0.3 is 18.3 Å². The highest BCUT2D eigenvalue weighted by molar-refractivity contribution is 5.67. The van der Waals surface area contributed by atoms with Crippen molar-refractivity contribution in [3.8, 4) is 0 Å². The molecule has 0 spiro atoms. The Labute approximate surface area is 263 Å². The van der Waals surface area contributed by atoms with Crippen LogP contribution in [0.1, 0.15) is 78.8 Å². The standard InChI is InChI=1S/C32H38F6N6O2/c1-3-43(17-21-9-7-20(8-10-21)13-29(45)46)28-15-24-6-4-5-23(24)14-25(28)19-44(30-39-41-42(2)40-30)18-22-11-26(31(33,34)35)16-27(12-22)32(36,37)38/h11-12,14-16,20-21H,3-10,13,17-19H2,1-2H3,(H,45,46). The zero-order valence-electron chi connectivity index (χ0n) is 25.8. The van der Waals surface area contributed by atoms with Crippen molar-refractivity contribution in [3.05, 3.63) is 63.7 Å². The number of fused-ring (bicyclic) bond motifs is 1. The number of carboxylic acids is 1. The molecule has 2 aromatic carbocycles. The number of aromatic nitrogens is 4. The van der Waals surface area contributed by atoms with Crippen molar-refractivity contribution in [1.82, 2.24) is 20.2 Å². The van der Waals surface area contributed by atoms with E-state index in [-0.39, 0.29) is 43.0 Å². The van der Waals surface area contributed by atoms with Gasteiger partial charge in [-0.25, -0.2) is 0 Å². The van der Waals surface area contributed by atoms with E-state index in [4.69, 9.17) is 0 Å². The molecule has 14 heteroatoms. The van der Waals surface area contributed by atoms with Gasteiger partial charge in [0.1, 0.15) is 0 Å². The lowest BCUT2D eigenvalue weighted by Gasteiger charge is -2.35. The Bertz CT molecular complexity index is 1500. The fraction of sp³-hybridized carbons (Fsp3) is 0.562. The molecular formula is C32H38F6N6O2. The first-order chi connectivity index (χ1) is 21.7. The Morgan fingerprint density at radius 1 is 0.891 bits per heavy atom. The predicted molar refractivity (Wildman–Crippen MR) is 159 cm³/mol. The van der Waals surface area contributed by atoms with E-state index in [1.54, 1.807) is 4.90 Å². The normalized spacial score (nSPS) is 18.4. The number of nitrogens with zero attached hydrogens (tertiary/aromatic N) is 6. The lowest BCUT2D eigenvalue weighted by Crippen LogP contribution is -2.33. The van der Waals surface area contributed by atoms with Crippen molar-refractivity contribution in [1.29, 1.82) is 0 Å². The lowest BCUT2D eigenvalue weighted by atomic mass is 9.80. The van der Waals surface area contributed by atoms with Crippen LogP contribution < -0.4 is 9.80 Å². The van der Waals surface area contributed by atoms with Gasteiger partial charge in [0.25, 0.3) is 5.95 Å². The third kappa shape index (κ3) is 8.11. The van der Waals surface area contributed by atoms with E-state index in [2.05, 4.69) is 39.4 Å². The first-order valence-corrected chi connectivity index (χ1v) is 15.6. The van der Waals surface area contributed by atoms with Gasteiger partial charge in [-0.1, -0.05) is 11.2 Å². The highest BCUT2D eigenvalue weighted by atomic mass is 19.4. The number of hydrogen-bond acceptors (Lipinski definition) is 6. The van der Waals surface area contributed by atoms with E-state index >= 15 is 0 Å². The van der Waals surface area contributed by atoms with Crippen LogP contribution in [0.25, 0.3) is 0 Å². The highest BCUT2D eigenvalue weighted by Crippen LogP contribution is 2.38. The molecule has 46 heavy (non-hydrogen) atoms. The van der Waals surface area contributed by atoms with Gasteiger partial charge in [0, 0.05) is 38.3 Å². The van der Waals surface area contributed by atoms with E-state index in [1.807, 2.05) is 0 Å². The molecule has 0 radical (unpaired) electrons. The topological polar surface area (TPSA) is 87.4 Å². The summed E-state index contributed by atoms with van der Waals surface area (Å²) in [6.07, 6.45) is -3.39. The van der Waals surface area contributed by atoms with Gasteiger partial charge in [-0.15, -0.1) is 5.10 Å². The monoisotopic (exact) mass is 652 g/mol. The second-order valence-electron chi connectivity index (χ2n) is 12.5. The van der Waals surface area contributed by atoms with Crippen LogP contribution in [0.5, 0.6) is 0 Å². The Balaban J connectivity index is 1.47. The van der Waals surface area contributed by atoms with Crippen LogP contribution >= 0.6 is 0 Å². The molecule has 0 bridgehead atoms. The smallest absolute Gasteiger partial charge is 0.416 e. The quantitative estimate of drug-likeness (QED) is 0.222. The second-order valence-corrected chi connectivity index (χ2v) is 12.5. The molecule has 1 N–H and O–H groups in total. The molecule has 2 aliphatic rings. The number of benzene rings is 2. The molecule has 0 unspecified atom stereocenters. The molecule has 1 heterocycles. The summed E-state index contributed by atoms with van der Waals surface area (Å²) < 4.78 is 82.0. The number of aliphatic carboxylic acids is 1. The summed E-state index contributed by atoms with van der Waals surface area (Å²) in [5, 5.41) is 21.4. The maximum absolute atomic E-state index is 13.7. The molecule has 1 saturated carbocycles. The van der Waals surface area contributed by atoms with Crippen molar-refractivity contribution in [2.45, 2.75) is 83.7 Å². The molecular weight excluding hydrogens is 614 g/mol. The van der Waals surface area contributed by atoms with E-state index in [0.717, 1.165) is 74.9 Å². The van der Waals surface area contributed by atoms with Gasteiger partial charge in [0.15, 0.2) is 0 Å². The van der Waals surface area contributed by atoms with Gasteiger partial charge < -0.3 is 14.9 Å². The van der Waals surface area contributed by atoms with Gasteiger partial charge in [0.05, 0.1) is 18.2 Å². The van der Waals surface area contributed by atoms with Crippen molar-refractivity contribution in [3.63, 3.8) is 0 Å². The third-order valence-corrected chi connectivity index (χ3v) is 9.09. The summed E-state index contributed by atoms with van der Waals surface area (Å²) in [5.74, 6) is -0.140. The summed E-state index contributed by atoms with van der Waals surface area (Å²) in [6, 6.07) is 5.87. The van der Waals surface area contributed by atoms with Gasteiger partial charge in [-0.3, -0.25) is 4.79 Å². The Kier molecular flexibility index (Phi) is 9.83. The largest absolute Gasteiger partial charge is 0.481 e. The first kappa shape index (κ1) is 33.5. The zero-order chi connectivity index (χ0) is 33.2. The molecule has 1 aromatic heterocycles. The number of aryl methyl sites for hydroxylation is 3. The Hall–Kier alpha value is -3.84. The maximum atomic E-state index is 13.7. The van der Waals surface area contributed by atoms with E-state index in [0.29, 0.717) is 12.5 Å². The average Bonchev–Trinajstić information content (AvgIpc) is 3.63. The average molecular weight is 653 g/mol. The van der Waals surface area contributed by atoms with Gasteiger partial charge in [0.2, 0.25) is 0 Å². The zero-order valence-corrected chi connectivity index (χ0v) is 25.8. The Morgan fingerprint density at radius 2 is 1.50 bits per heavy atom. The minimum Gasteiger partial charge on any atom is -0.481 e. The number of halogens is 6. The van der Waals surface area contributed by atoms with Crippen LogP contribution in [0.15, 0.2) is 30.3 Å². The number of carboxylic acid groups (broad SMARTS) is 1. The summed E-state index contributed by atoms with van der Waals surface area (Å²) >= 11 is 0. The highest BCUT2D eigenvalue weighted by Gasteiger charge is 2.37. The lowest BCUT2D eigenvalue weighted by molar-refractivity contribution is -0.143. The predicted octanol–water partition coefficient (Wildman–Crippen LogP) is 7.05. The molecule has 5 rings (SSSR count). The summed E-state index contributed by atoms with van der Waals surface area (Å²) in [7, 11) is 1.53. The molecule has 250 valence electrons. The van der Waals surface area contributed by atoms with E-state index in [9.17, 15) is 36.2 Å². The van der Waals surface area contributed by atoms with Crippen molar-refractivity contribution in [2.24, 2.45) is 18.9 Å². The number of carbonyl (C=O) groups is 1. The SMILES string of the molecule is CCN(CC1CCC(CC(=O)O)CC1)c1cc2c(cc1CN(Cc1cc(C(F)(F)F)cc(C(F)(F)F)c1)c1nnn(C)n1)CCC2. The number of hydrogen-bond donors (Lipinski definition) is 1. The van der Waals surface area contributed by atoms with Crippen molar-refractivity contribution >= 4 is 17.6 Å². The second kappa shape index (κ2) is 13.5. The molecule has 0 amide bonds. The fourth-order valence-corrected chi connectivity index (χ4v) is 6.79. The van der Waals surface area contributed by atoms with Crippen LogP contribution in [0.4, 0.5) is 38.0 Å². The van der Waals surface area contributed by atoms with E-state index in [1.165, 1.54) is 23.0 Å². The van der Waals surface area contributed by atoms with Gasteiger partial charge in [-0.2, -0.15) is 31.1 Å². The first-order valence-electron chi connectivity index (χ1n) is 15.6. The van der Waals surface area contributed by atoms with Crippen molar-refractivity contribution in [2.75, 3.05) is 22.9 Å². The molecule has 2 aliphatic carbocycles. The van der Waals surface area contributed by atoms with Gasteiger partial charge in [-0.05, 0) is 115 Å². The van der Waals surface area contributed by atoms with Crippen LogP contribution in [0, 0.1) is 11.8 Å². The number of anilines is 2. The molecule has 0 atom stereocenters. The minimum atomic E-state index is -4.97. The summed E-state index contributed by atoms with van der Waals surface area (Å²) in [6.45, 7) is 3.32. The van der Waals surface area contributed by atoms with Crippen LogP contribution in [-0.4, -0.2) is 44.4 Å². The molecule has 0 saturated heterocycles. The number of rotatable bonds is 11. The molecule has 1 fully saturated rings. The minimum absolute atomic E-state index is 0.0831. The summed E-state index contributed by atoms with van der Waals surface area (Å²) in [5.41, 5.74) is 1.31. The maximum Gasteiger partial charge on any atom is 0.416 e. The van der Waals surface area contributed by atoms with Crippen LogP contribution in [0.3, 0.4) is 0 Å². The molecule has 0 aliphatic heterocycles. The van der Waals surface area contributed by atoms with E-state index < -0.39 is 29.4 Å². The molecule has 8 nitrogen and oxygen atoms in total. The molecule has 3 aromatic rings. The third-order valence-electron chi connectivity index (χ3n) is 9.09. The number of tetrazole rings is 1. The van der Waals surface area contributed by atoms with Crippen molar-refractivity contribution < 1.29 is 36.2 Å². The van der Waals surface area contributed by atoms with Crippen LogP contribution in [0.2, 0.25) is 0 Å².